The number of hydrogen-bond acceptors (Lipinski definition) is 2. The van der Waals surface area contributed by atoms with E-state index in [0.29, 0.717) is 16.8 Å². The van der Waals surface area contributed by atoms with Crippen LogP contribution in [0.5, 0.6) is 0 Å². The first-order valence-corrected chi connectivity index (χ1v) is 21.2. The Bertz CT molecular complexity index is 3980. The van der Waals surface area contributed by atoms with Crippen molar-refractivity contribution in [1.82, 2.24) is 18.3 Å². The molecule has 294 valence electrons. The molecule has 63 heavy (non-hydrogen) atoms. The average molecular weight is 807 g/mol. The molecular weight excluding hydrogens is 773 g/mol. The van der Waals surface area contributed by atoms with Gasteiger partial charge in [-0.05, 0) is 48.5 Å². The van der Waals surface area contributed by atoms with Crippen LogP contribution in [0.2, 0.25) is 0 Å². The van der Waals surface area contributed by atoms with Crippen LogP contribution < -0.4 is 5.73 Å². The standard InChI is InChI=1S/C56H34N6O/c57-55-49-50(56(63)58-55)52(60-43-27-11-3-19-35(43)36-20-4-12-28-44(36)60)54(62-47-31-15-7-23-39(47)40-24-8-16-32-48(40)62)53(61-45-29-13-5-21-37(45)38-22-6-14-30-46(38)61)51(49)59-41-25-9-1-17-33(41)34-18-2-10-26-42(34)59/h1-32H,(H2,57,58,63). The summed E-state index contributed by atoms with van der Waals surface area (Å²) in [5, 5.41) is 8.81. The summed E-state index contributed by atoms with van der Waals surface area (Å²) >= 11 is 0. The highest BCUT2D eigenvalue weighted by Crippen LogP contribution is 2.50. The number of rotatable bonds is 4. The Morgan fingerprint density at radius 2 is 0.492 bits per heavy atom. The largest absolute Gasteiger partial charge is 0.383 e. The number of carbonyl (C=O) groups is 1. The van der Waals surface area contributed by atoms with Crippen molar-refractivity contribution in [2.24, 2.45) is 10.7 Å². The van der Waals surface area contributed by atoms with Crippen molar-refractivity contribution in [3.05, 3.63) is 205 Å². The minimum absolute atomic E-state index is 0.185. The summed E-state index contributed by atoms with van der Waals surface area (Å²) in [6.07, 6.45) is 0. The highest BCUT2D eigenvalue weighted by Gasteiger charge is 2.39. The molecule has 0 saturated carbocycles. The Kier molecular flexibility index (Phi) is 6.73. The summed E-state index contributed by atoms with van der Waals surface area (Å²) in [5.41, 5.74) is 19.5. The van der Waals surface area contributed by atoms with Crippen molar-refractivity contribution in [2.75, 3.05) is 0 Å². The fourth-order valence-corrected chi connectivity index (χ4v) is 10.9. The molecule has 5 heterocycles. The number of aliphatic imine (C=N–C) groups is 1. The van der Waals surface area contributed by atoms with Gasteiger partial charge in [0.05, 0.1) is 78.0 Å². The monoisotopic (exact) mass is 806 g/mol. The van der Waals surface area contributed by atoms with Gasteiger partial charge >= 0.3 is 0 Å². The lowest BCUT2D eigenvalue weighted by Gasteiger charge is -2.28. The molecule has 0 aliphatic carbocycles. The third-order valence-corrected chi connectivity index (χ3v) is 13.3. The van der Waals surface area contributed by atoms with Crippen molar-refractivity contribution in [3.63, 3.8) is 0 Å². The number of benzene rings is 9. The first-order chi connectivity index (χ1) is 31.2. The number of nitrogens with two attached hydrogens (primary N) is 1. The van der Waals surface area contributed by atoms with Crippen molar-refractivity contribution in [3.8, 4) is 22.7 Å². The Hall–Kier alpha value is -8.68. The van der Waals surface area contributed by atoms with E-state index in [-0.39, 0.29) is 11.7 Å². The van der Waals surface area contributed by atoms with E-state index >= 15 is 4.79 Å². The van der Waals surface area contributed by atoms with E-state index in [0.717, 1.165) is 104 Å². The molecule has 0 atom stereocenters. The lowest BCUT2D eigenvalue weighted by Crippen LogP contribution is -2.21. The fraction of sp³-hybridized carbons (Fsp3) is 0. The third kappa shape index (κ3) is 4.37. The molecule has 0 unspecified atom stereocenters. The van der Waals surface area contributed by atoms with Gasteiger partial charge in [0.25, 0.3) is 5.91 Å². The zero-order valence-corrected chi connectivity index (χ0v) is 33.7. The smallest absolute Gasteiger partial charge is 0.281 e. The molecule has 0 bridgehead atoms. The van der Waals surface area contributed by atoms with Gasteiger partial charge in [0.15, 0.2) is 0 Å². The lowest BCUT2D eigenvalue weighted by molar-refractivity contribution is 0.101. The molecule has 1 aliphatic rings. The zero-order valence-electron chi connectivity index (χ0n) is 33.7. The summed E-state index contributed by atoms with van der Waals surface area (Å²) in [5.74, 6) is -0.193. The van der Waals surface area contributed by atoms with Crippen molar-refractivity contribution < 1.29 is 4.79 Å². The van der Waals surface area contributed by atoms with Crippen LogP contribution >= 0.6 is 0 Å². The molecule has 0 spiro atoms. The van der Waals surface area contributed by atoms with Gasteiger partial charge in [-0.15, -0.1) is 0 Å². The minimum atomic E-state index is -0.378. The number of para-hydroxylation sites is 8. The fourth-order valence-electron chi connectivity index (χ4n) is 10.9. The number of amides is 1. The summed E-state index contributed by atoms with van der Waals surface area (Å²) in [7, 11) is 0. The van der Waals surface area contributed by atoms with Crippen molar-refractivity contribution in [1.29, 1.82) is 0 Å². The second-order valence-corrected chi connectivity index (χ2v) is 16.4. The van der Waals surface area contributed by atoms with Crippen molar-refractivity contribution in [2.45, 2.75) is 0 Å². The van der Waals surface area contributed by atoms with E-state index in [2.05, 4.69) is 212 Å². The summed E-state index contributed by atoms with van der Waals surface area (Å²) in [6, 6.07) is 68.4. The average Bonchev–Trinajstić information content (AvgIpc) is 4.11. The predicted octanol–water partition coefficient (Wildman–Crippen LogP) is 12.9. The normalized spacial score (nSPS) is 13.0. The third-order valence-electron chi connectivity index (χ3n) is 13.3. The molecule has 2 N–H and O–H groups in total. The van der Waals surface area contributed by atoms with Crippen LogP contribution in [0.15, 0.2) is 199 Å². The number of aromatic nitrogens is 4. The lowest BCUT2D eigenvalue weighted by atomic mass is 9.97. The molecule has 13 aromatic rings. The van der Waals surface area contributed by atoms with Crippen LogP contribution in [0, 0.1) is 0 Å². The molecule has 1 amide bonds. The first-order valence-electron chi connectivity index (χ1n) is 21.2. The summed E-state index contributed by atoms with van der Waals surface area (Å²) in [4.78, 5) is 20.0. The van der Waals surface area contributed by atoms with Gasteiger partial charge in [0, 0.05) is 43.1 Å². The number of amidine groups is 1. The van der Waals surface area contributed by atoms with Crippen LogP contribution in [0.1, 0.15) is 15.9 Å². The Balaban J connectivity index is 1.36. The summed E-state index contributed by atoms with van der Waals surface area (Å²) in [6.45, 7) is 0. The molecular formula is C56H34N6O. The molecule has 1 aliphatic heterocycles. The van der Waals surface area contributed by atoms with Gasteiger partial charge in [-0.2, -0.15) is 4.99 Å². The number of hydrogen-bond donors (Lipinski definition) is 1. The first kappa shape index (κ1) is 34.1. The van der Waals surface area contributed by atoms with Gasteiger partial charge in [-0.25, -0.2) is 0 Å². The van der Waals surface area contributed by atoms with E-state index in [1.165, 1.54) is 0 Å². The van der Waals surface area contributed by atoms with Gasteiger partial charge < -0.3 is 24.0 Å². The molecule has 0 fully saturated rings. The highest BCUT2D eigenvalue weighted by molar-refractivity contribution is 6.27. The zero-order chi connectivity index (χ0) is 41.5. The van der Waals surface area contributed by atoms with Crippen LogP contribution in [-0.2, 0) is 0 Å². The Morgan fingerprint density at radius 3 is 0.746 bits per heavy atom. The van der Waals surface area contributed by atoms with E-state index in [4.69, 9.17) is 10.7 Å². The quantitative estimate of drug-likeness (QED) is 0.192. The van der Waals surface area contributed by atoms with Crippen LogP contribution in [0.3, 0.4) is 0 Å². The molecule has 7 heteroatoms. The van der Waals surface area contributed by atoms with Gasteiger partial charge in [0.2, 0.25) is 0 Å². The Morgan fingerprint density at radius 1 is 0.286 bits per heavy atom. The molecule has 7 nitrogen and oxygen atoms in total. The molecule has 4 aromatic heterocycles. The highest BCUT2D eigenvalue weighted by atomic mass is 16.1. The topological polar surface area (TPSA) is 75.2 Å². The predicted molar refractivity (Wildman–Crippen MR) is 259 cm³/mol. The SMILES string of the molecule is NC1=NC(=O)c2c1c(-n1c3ccccc3c3ccccc31)c(-n1c3ccccc3c3ccccc31)c(-n1c3ccccc3c3ccccc31)c2-n1c2ccccc2c2ccccc21. The molecule has 0 saturated heterocycles. The van der Waals surface area contributed by atoms with E-state index in [1.54, 1.807) is 0 Å². The number of fused-ring (bicyclic) bond motifs is 13. The second-order valence-electron chi connectivity index (χ2n) is 16.4. The van der Waals surface area contributed by atoms with Gasteiger partial charge in [-0.3, -0.25) is 4.79 Å². The minimum Gasteiger partial charge on any atom is -0.383 e. The molecule has 14 rings (SSSR count). The molecule has 0 radical (unpaired) electrons. The maximum atomic E-state index is 15.3. The van der Waals surface area contributed by atoms with Gasteiger partial charge in [0.1, 0.15) is 5.84 Å². The van der Waals surface area contributed by atoms with Crippen LogP contribution in [-0.4, -0.2) is 30.0 Å². The Labute approximate surface area is 359 Å². The number of carbonyl (C=O) groups excluding carboxylic acids is 1. The van der Waals surface area contributed by atoms with E-state index in [9.17, 15) is 0 Å². The van der Waals surface area contributed by atoms with E-state index < -0.39 is 0 Å². The summed E-state index contributed by atoms with van der Waals surface area (Å²) < 4.78 is 9.43. The van der Waals surface area contributed by atoms with Gasteiger partial charge in [-0.1, -0.05) is 146 Å². The maximum absolute atomic E-state index is 15.3. The molecule has 9 aromatic carbocycles. The van der Waals surface area contributed by atoms with Crippen molar-refractivity contribution >= 4 is 99.0 Å². The van der Waals surface area contributed by atoms with E-state index in [1.807, 2.05) is 0 Å². The number of nitrogens with zero attached hydrogens (tertiary/aromatic N) is 5. The van der Waals surface area contributed by atoms with Crippen LogP contribution in [0.25, 0.3) is 110 Å². The van der Waals surface area contributed by atoms with Crippen LogP contribution in [0.4, 0.5) is 0 Å². The second kappa shape index (κ2) is 12.4. The maximum Gasteiger partial charge on any atom is 0.281 e.